The maximum absolute atomic E-state index is 2.30. The van der Waals surface area contributed by atoms with Gasteiger partial charge in [0.15, 0.2) is 0 Å². The van der Waals surface area contributed by atoms with Crippen molar-refractivity contribution < 1.29 is 0 Å². The normalized spacial score (nSPS) is 13.7. The largest absolute Gasteiger partial charge is 0.309 e. The van der Waals surface area contributed by atoms with Gasteiger partial charge in [-0.15, -0.1) is 11.3 Å². The Morgan fingerprint density at radius 2 is 2.25 bits per heavy atom. The molecule has 0 aliphatic rings. The summed E-state index contributed by atoms with van der Waals surface area (Å²) >= 11 is 1.86. The van der Waals surface area contributed by atoms with E-state index in [4.69, 9.17) is 0 Å². The highest BCUT2D eigenvalue weighted by molar-refractivity contribution is 7.10. The van der Waals surface area contributed by atoms with Crippen LogP contribution in [-0.4, -0.2) is 25.5 Å². The molecule has 1 nitrogen and oxygen atoms in total. The van der Waals surface area contributed by atoms with Crippen LogP contribution in [0.25, 0.3) is 0 Å². The zero-order valence-electron chi connectivity index (χ0n) is 8.08. The maximum atomic E-state index is 2.30. The Balaban J connectivity index is 2.34. The number of rotatable bonds is 4. The van der Waals surface area contributed by atoms with Crippen molar-refractivity contribution in [3.8, 4) is 0 Å². The van der Waals surface area contributed by atoms with Crippen LogP contribution >= 0.6 is 11.3 Å². The van der Waals surface area contributed by atoms with Crippen LogP contribution in [0.1, 0.15) is 24.1 Å². The van der Waals surface area contributed by atoms with Gasteiger partial charge in [-0.2, -0.15) is 0 Å². The van der Waals surface area contributed by atoms with E-state index >= 15 is 0 Å². The topological polar surface area (TPSA) is 3.24 Å². The molecule has 68 valence electrons. The van der Waals surface area contributed by atoms with Crippen LogP contribution in [0.3, 0.4) is 0 Å². The molecule has 1 aromatic rings. The molecule has 0 N–H and O–H groups in total. The summed E-state index contributed by atoms with van der Waals surface area (Å²) in [6.45, 7) is 3.48. The number of hydrogen-bond donors (Lipinski definition) is 0. The first kappa shape index (κ1) is 9.75. The highest BCUT2D eigenvalue weighted by atomic mass is 32.1. The molecule has 0 radical (unpaired) electrons. The van der Waals surface area contributed by atoms with Gasteiger partial charge in [-0.25, -0.2) is 0 Å². The van der Waals surface area contributed by atoms with E-state index in [0.717, 1.165) is 0 Å². The summed E-state index contributed by atoms with van der Waals surface area (Å²) in [6.07, 6.45) is 1.26. The van der Waals surface area contributed by atoms with E-state index in [0.29, 0.717) is 5.92 Å². The Morgan fingerprint density at radius 1 is 1.50 bits per heavy atom. The quantitative estimate of drug-likeness (QED) is 0.694. The number of nitrogens with zero attached hydrogens (tertiary/aromatic N) is 1. The molecule has 1 atom stereocenters. The Hall–Kier alpha value is -0.340. The molecule has 0 fully saturated rings. The lowest BCUT2D eigenvalue weighted by Gasteiger charge is -2.13. The zero-order valence-corrected chi connectivity index (χ0v) is 8.90. The number of thiophene rings is 1. The molecule has 0 unspecified atom stereocenters. The average Bonchev–Trinajstić information content (AvgIpc) is 2.51. The SMILES string of the molecule is C[C@H](CCN(C)C)c1cccs1. The lowest BCUT2D eigenvalue weighted by atomic mass is 10.1. The fourth-order valence-corrected chi connectivity index (χ4v) is 1.99. The molecule has 0 aromatic carbocycles. The van der Waals surface area contributed by atoms with Gasteiger partial charge in [0.2, 0.25) is 0 Å². The van der Waals surface area contributed by atoms with Crippen LogP contribution in [0.2, 0.25) is 0 Å². The second-order valence-electron chi connectivity index (χ2n) is 3.51. The van der Waals surface area contributed by atoms with Crippen LogP contribution in [0.5, 0.6) is 0 Å². The lowest BCUT2D eigenvalue weighted by molar-refractivity contribution is 0.387. The van der Waals surface area contributed by atoms with Crippen LogP contribution in [-0.2, 0) is 0 Å². The molecular formula is C10H17NS. The third-order valence-electron chi connectivity index (χ3n) is 2.04. The van der Waals surface area contributed by atoms with E-state index in [1.54, 1.807) is 0 Å². The molecule has 1 rings (SSSR count). The summed E-state index contributed by atoms with van der Waals surface area (Å²) in [5.41, 5.74) is 0. The molecule has 1 heterocycles. The Labute approximate surface area is 79.0 Å². The summed E-state index contributed by atoms with van der Waals surface area (Å²) in [6, 6.07) is 4.36. The van der Waals surface area contributed by atoms with Crippen molar-refractivity contribution in [2.45, 2.75) is 19.3 Å². The fraction of sp³-hybridized carbons (Fsp3) is 0.600. The first-order valence-electron chi connectivity index (χ1n) is 4.38. The second kappa shape index (κ2) is 4.63. The van der Waals surface area contributed by atoms with Crippen LogP contribution in [0, 0.1) is 0 Å². The highest BCUT2D eigenvalue weighted by Crippen LogP contribution is 2.23. The van der Waals surface area contributed by atoms with E-state index in [9.17, 15) is 0 Å². The minimum absolute atomic E-state index is 0.715. The van der Waals surface area contributed by atoms with Crippen molar-refractivity contribution >= 4 is 11.3 Å². The predicted octanol–water partition coefficient (Wildman–Crippen LogP) is 2.80. The van der Waals surface area contributed by atoms with Crippen LogP contribution in [0.4, 0.5) is 0 Å². The first-order valence-corrected chi connectivity index (χ1v) is 5.26. The molecule has 2 heteroatoms. The molecule has 0 spiro atoms. The van der Waals surface area contributed by atoms with E-state index in [1.807, 2.05) is 11.3 Å². The maximum Gasteiger partial charge on any atom is 0.00739 e. The molecule has 0 amide bonds. The van der Waals surface area contributed by atoms with Crippen molar-refractivity contribution in [3.63, 3.8) is 0 Å². The van der Waals surface area contributed by atoms with Gasteiger partial charge in [-0.1, -0.05) is 13.0 Å². The van der Waals surface area contributed by atoms with E-state index < -0.39 is 0 Å². The molecule has 12 heavy (non-hydrogen) atoms. The van der Waals surface area contributed by atoms with Gasteiger partial charge in [0.25, 0.3) is 0 Å². The van der Waals surface area contributed by atoms with E-state index in [-0.39, 0.29) is 0 Å². The highest BCUT2D eigenvalue weighted by Gasteiger charge is 2.05. The summed E-state index contributed by atoms with van der Waals surface area (Å²) < 4.78 is 0. The smallest absolute Gasteiger partial charge is 0.00739 e. The van der Waals surface area contributed by atoms with Gasteiger partial charge in [0, 0.05) is 4.88 Å². The van der Waals surface area contributed by atoms with E-state index in [2.05, 4.69) is 43.4 Å². The minimum atomic E-state index is 0.715. The molecular weight excluding hydrogens is 166 g/mol. The van der Waals surface area contributed by atoms with Gasteiger partial charge < -0.3 is 4.90 Å². The standard InChI is InChI=1S/C10H17NS/c1-9(6-7-11(2)3)10-5-4-8-12-10/h4-5,8-9H,6-7H2,1-3H3/t9-/m1/s1. The summed E-state index contributed by atoms with van der Waals surface area (Å²) in [4.78, 5) is 3.75. The first-order chi connectivity index (χ1) is 5.70. The van der Waals surface area contributed by atoms with Crippen molar-refractivity contribution in [1.82, 2.24) is 4.90 Å². The Kier molecular flexibility index (Phi) is 3.76. The summed E-state index contributed by atoms with van der Waals surface area (Å²) in [5.74, 6) is 0.715. The van der Waals surface area contributed by atoms with Gasteiger partial charge in [0.05, 0.1) is 0 Å². The molecule has 0 saturated carbocycles. The summed E-state index contributed by atoms with van der Waals surface area (Å²) in [5, 5.41) is 2.15. The van der Waals surface area contributed by atoms with Crippen molar-refractivity contribution in [3.05, 3.63) is 22.4 Å². The monoisotopic (exact) mass is 183 g/mol. The molecule has 0 bridgehead atoms. The molecule has 0 aliphatic heterocycles. The molecule has 1 aromatic heterocycles. The number of hydrogen-bond acceptors (Lipinski definition) is 2. The van der Waals surface area contributed by atoms with Crippen LogP contribution < -0.4 is 0 Å². The minimum Gasteiger partial charge on any atom is -0.309 e. The van der Waals surface area contributed by atoms with Crippen molar-refractivity contribution in [1.29, 1.82) is 0 Å². The van der Waals surface area contributed by atoms with Crippen LogP contribution in [0.15, 0.2) is 17.5 Å². The summed E-state index contributed by atoms with van der Waals surface area (Å²) in [7, 11) is 4.25. The Morgan fingerprint density at radius 3 is 2.75 bits per heavy atom. The van der Waals surface area contributed by atoms with Gasteiger partial charge in [0.1, 0.15) is 0 Å². The van der Waals surface area contributed by atoms with Crippen molar-refractivity contribution in [2.75, 3.05) is 20.6 Å². The fourth-order valence-electron chi connectivity index (χ4n) is 1.17. The van der Waals surface area contributed by atoms with Gasteiger partial charge in [-0.3, -0.25) is 0 Å². The van der Waals surface area contributed by atoms with Gasteiger partial charge >= 0.3 is 0 Å². The predicted molar refractivity (Wildman–Crippen MR) is 55.9 cm³/mol. The third-order valence-corrected chi connectivity index (χ3v) is 3.14. The third kappa shape index (κ3) is 2.95. The molecule has 0 aliphatic carbocycles. The Bertz CT molecular complexity index is 204. The lowest BCUT2D eigenvalue weighted by Crippen LogP contribution is -2.14. The van der Waals surface area contributed by atoms with E-state index in [1.165, 1.54) is 17.8 Å². The molecule has 0 saturated heterocycles. The van der Waals surface area contributed by atoms with Gasteiger partial charge in [-0.05, 0) is 44.4 Å². The van der Waals surface area contributed by atoms with Crippen molar-refractivity contribution in [2.24, 2.45) is 0 Å². The average molecular weight is 183 g/mol. The second-order valence-corrected chi connectivity index (χ2v) is 4.49. The zero-order chi connectivity index (χ0) is 8.97.